The standard InChI is InChI=1S/C18H21NO4S/c1-19(11-14-6-4-3-5-7-14)12-18-22-13-15-8-9-16(24(2,20)21)10-17(15)23-18/h3-10,18H,11-13H2,1-2H3. The van der Waals surface area contributed by atoms with Crippen molar-refractivity contribution in [1.82, 2.24) is 4.90 Å². The molecular weight excluding hydrogens is 326 g/mol. The Bertz CT molecular complexity index is 805. The SMILES string of the molecule is CN(Cc1ccccc1)CC1OCc2ccc(S(C)(=O)=O)cc2O1. The van der Waals surface area contributed by atoms with Gasteiger partial charge in [-0.05, 0) is 24.7 Å². The lowest BCUT2D eigenvalue weighted by atomic mass is 10.2. The van der Waals surface area contributed by atoms with Crippen LogP contribution in [0, 0.1) is 0 Å². The number of hydrogen-bond acceptors (Lipinski definition) is 5. The summed E-state index contributed by atoms with van der Waals surface area (Å²) in [5.74, 6) is 0.585. The van der Waals surface area contributed by atoms with Gasteiger partial charge in [0.05, 0.1) is 18.0 Å². The zero-order chi connectivity index (χ0) is 17.2. The summed E-state index contributed by atoms with van der Waals surface area (Å²) in [6.45, 7) is 1.81. The van der Waals surface area contributed by atoms with Crippen molar-refractivity contribution in [2.24, 2.45) is 0 Å². The van der Waals surface area contributed by atoms with Crippen LogP contribution in [0.15, 0.2) is 53.4 Å². The van der Waals surface area contributed by atoms with Crippen molar-refractivity contribution < 1.29 is 17.9 Å². The number of hydrogen-bond donors (Lipinski definition) is 0. The van der Waals surface area contributed by atoms with E-state index in [9.17, 15) is 8.42 Å². The maximum Gasteiger partial charge on any atom is 0.213 e. The van der Waals surface area contributed by atoms with Crippen LogP contribution in [0.1, 0.15) is 11.1 Å². The first-order chi connectivity index (χ1) is 11.4. The lowest BCUT2D eigenvalue weighted by molar-refractivity contribution is -0.119. The first-order valence-corrected chi connectivity index (χ1v) is 9.65. The van der Waals surface area contributed by atoms with E-state index in [0.29, 0.717) is 18.9 Å². The second kappa shape index (κ2) is 6.93. The van der Waals surface area contributed by atoms with Crippen molar-refractivity contribution in [2.45, 2.75) is 24.3 Å². The van der Waals surface area contributed by atoms with Crippen LogP contribution in [0.25, 0.3) is 0 Å². The van der Waals surface area contributed by atoms with Gasteiger partial charge in [0.1, 0.15) is 5.75 Å². The Labute approximate surface area is 142 Å². The average molecular weight is 347 g/mol. The second-order valence-electron chi connectivity index (χ2n) is 6.08. The molecule has 1 aliphatic heterocycles. The quantitative estimate of drug-likeness (QED) is 0.832. The molecule has 0 amide bonds. The molecule has 2 aromatic rings. The molecule has 128 valence electrons. The lowest BCUT2D eigenvalue weighted by Gasteiger charge is -2.29. The van der Waals surface area contributed by atoms with Gasteiger partial charge in [0, 0.05) is 18.4 Å². The number of benzene rings is 2. The fraction of sp³-hybridized carbons (Fsp3) is 0.333. The van der Waals surface area contributed by atoms with Crippen LogP contribution in [-0.2, 0) is 27.7 Å². The van der Waals surface area contributed by atoms with E-state index in [1.54, 1.807) is 18.2 Å². The van der Waals surface area contributed by atoms with Gasteiger partial charge in [-0.1, -0.05) is 36.4 Å². The largest absolute Gasteiger partial charge is 0.463 e. The molecule has 0 fully saturated rings. The number of likely N-dealkylation sites (N-methyl/N-ethyl adjacent to an activating group) is 1. The highest BCUT2D eigenvalue weighted by Crippen LogP contribution is 2.29. The molecule has 3 rings (SSSR count). The van der Waals surface area contributed by atoms with Crippen LogP contribution in [0.2, 0.25) is 0 Å². The van der Waals surface area contributed by atoms with Crippen molar-refractivity contribution in [3.63, 3.8) is 0 Å². The Balaban J connectivity index is 1.66. The molecule has 24 heavy (non-hydrogen) atoms. The molecule has 1 atom stereocenters. The van der Waals surface area contributed by atoms with Crippen LogP contribution in [0.3, 0.4) is 0 Å². The molecule has 6 heteroatoms. The number of sulfone groups is 1. The number of rotatable bonds is 5. The molecule has 5 nitrogen and oxygen atoms in total. The molecule has 0 N–H and O–H groups in total. The van der Waals surface area contributed by atoms with Crippen LogP contribution in [-0.4, -0.2) is 39.5 Å². The predicted octanol–water partition coefficient (Wildman–Crippen LogP) is 2.46. The summed E-state index contributed by atoms with van der Waals surface area (Å²) in [7, 11) is -1.25. The van der Waals surface area contributed by atoms with Crippen LogP contribution in [0.4, 0.5) is 0 Å². The Morgan fingerprint density at radius 3 is 2.62 bits per heavy atom. The van der Waals surface area contributed by atoms with E-state index in [4.69, 9.17) is 9.47 Å². The summed E-state index contributed by atoms with van der Waals surface area (Å²) >= 11 is 0. The van der Waals surface area contributed by atoms with E-state index in [0.717, 1.165) is 12.1 Å². The zero-order valence-corrected chi connectivity index (χ0v) is 14.6. The minimum atomic E-state index is -3.25. The molecule has 1 aliphatic rings. The van der Waals surface area contributed by atoms with E-state index in [-0.39, 0.29) is 4.90 Å². The summed E-state index contributed by atoms with van der Waals surface area (Å²) < 4.78 is 34.9. The summed E-state index contributed by atoms with van der Waals surface area (Å²) in [4.78, 5) is 2.38. The third kappa shape index (κ3) is 4.14. The van der Waals surface area contributed by atoms with E-state index in [1.807, 2.05) is 25.2 Å². The third-order valence-corrected chi connectivity index (χ3v) is 5.02. The molecule has 0 aromatic heterocycles. The smallest absolute Gasteiger partial charge is 0.213 e. The van der Waals surface area contributed by atoms with Gasteiger partial charge in [-0.3, -0.25) is 4.90 Å². The molecule has 0 radical (unpaired) electrons. The highest BCUT2D eigenvalue weighted by molar-refractivity contribution is 7.90. The van der Waals surface area contributed by atoms with Gasteiger partial charge in [-0.25, -0.2) is 8.42 Å². The van der Waals surface area contributed by atoms with Gasteiger partial charge in [0.25, 0.3) is 0 Å². The molecule has 0 aliphatic carbocycles. The number of ether oxygens (including phenoxy) is 2. The zero-order valence-electron chi connectivity index (χ0n) is 13.8. The Morgan fingerprint density at radius 1 is 1.17 bits per heavy atom. The molecule has 0 saturated carbocycles. The summed E-state index contributed by atoms with van der Waals surface area (Å²) in [6.07, 6.45) is 0.778. The number of nitrogens with zero attached hydrogens (tertiary/aromatic N) is 1. The predicted molar refractivity (Wildman–Crippen MR) is 91.5 cm³/mol. The van der Waals surface area contributed by atoms with Crippen molar-refractivity contribution >= 4 is 9.84 Å². The van der Waals surface area contributed by atoms with Gasteiger partial charge in [0.15, 0.2) is 9.84 Å². The lowest BCUT2D eigenvalue weighted by Crippen LogP contribution is -2.37. The monoisotopic (exact) mass is 347 g/mol. The summed E-state index contributed by atoms with van der Waals surface area (Å²) in [5, 5.41) is 0. The highest BCUT2D eigenvalue weighted by atomic mass is 32.2. The van der Waals surface area contributed by atoms with Gasteiger partial charge in [-0.2, -0.15) is 0 Å². The van der Waals surface area contributed by atoms with Crippen molar-refractivity contribution in [3.05, 3.63) is 59.7 Å². The second-order valence-corrected chi connectivity index (χ2v) is 8.10. The molecule has 1 unspecified atom stereocenters. The normalized spacial score (nSPS) is 17.4. The maximum atomic E-state index is 11.7. The van der Waals surface area contributed by atoms with Crippen molar-refractivity contribution in [1.29, 1.82) is 0 Å². The van der Waals surface area contributed by atoms with E-state index >= 15 is 0 Å². The number of fused-ring (bicyclic) bond motifs is 1. The van der Waals surface area contributed by atoms with Gasteiger partial charge in [0.2, 0.25) is 6.29 Å². The van der Waals surface area contributed by atoms with Crippen LogP contribution >= 0.6 is 0 Å². The van der Waals surface area contributed by atoms with Gasteiger partial charge >= 0.3 is 0 Å². The summed E-state index contributed by atoms with van der Waals surface area (Å²) in [5.41, 5.74) is 2.08. The molecule has 0 spiro atoms. The fourth-order valence-corrected chi connectivity index (χ4v) is 3.29. The topological polar surface area (TPSA) is 55.8 Å². The van der Waals surface area contributed by atoms with E-state index < -0.39 is 16.1 Å². The highest BCUT2D eigenvalue weighted by Gasteiger charge is 2.23. The molecule has 0 bridgehead atoms. The van der Waals surface area contributed by atoms with Crippen molar-refractivity contribution in [2.75, 3.05) is 19.8 Å². The fourth-order valence-electron chi connectivity index (χ4n) is 2.66. The van der Waals surface area contributed by atoms with Crippen LogP contribution < -0.4 is 4.74 Å². The summed E-state index contributed by atoms with van der Waals surface area (Å²) in [6, 6.07) is 15.1. The van der Waals surface area contributed by atoms with Gasteiger partial charge in [-0.15, -0.1) is 0 Å². The Morgan fingerprint density at radius 2 is 1.92 bits per heavy atom. The van der Waals surface area contributed by atoms with Crippen LogP contribution in [0.5, 0.6) is 5.75 Å². The molecule has 1 heterocycles. The molecular formula is C18H21NO4S. The molecule has 2 aromatic carbocycles. The van der Waals surface area contributed by atoms with Gasteiger partial charge < -0.3 is 9.47 Å². The Kier molecular flexibility index (Phi) is 4.89. The minimum Gasteiger partial charge on any atom is -0.463 e. The Hall–Kier alpha value is -1.89. The third-order valence-electron chi connectivity index (χ3n) is 3.91. The maximum absolute atomic E-state index is 11.7. The minimum absolute atomic E-state index is 0.263. The van der Waals surface area contributed by atoms with E-state index in [1.165, 1.54) is 11.8 Å². The molecule has 0 saturated heterocycles. The van der Waals surface area contributed by atoms with E-state index in [2.05, 4.69) is 17.0 Å². The first-order valence-electron chi connectivity index (χ1n) is 7.75. The first kappa shape index (κ1) is 17.0. The van der Waals surface area contributed by atoms with Crippen molar-refractivity contribution in [3.8, 4) is 5.75 Å². The average Bonchev–Trinajstić information content (AvgIpc) is 2.54.